The van der Waals surface area contributed by atoms with Gasteiger partial charge in [-0.3, -0.25) is 18.9 Å². The minimum Gasteiger partial charge on any atom is -0.493 e. The van der Waals surface area contributed by atoms with Crippen LogP contribution in [-0.2, 0) is 16.0 Å². The van der Waals surface area contributed by atoms with Gasteiger partial charge in [0.1, 0.15) is 15.8 Å². The first-order chi connectivity index (χ1) is 18.9. The van der Waals surface area contributed by atoms with Crippen molar-refractivity contribution >= 4 is 51.7 Å². The maximum absolute atomic E-state index is 13.6. The van der Waals surface area contributed by atoms with E-state index in [9.17, 15) is 9.59 Å². The van der Waals surface area contributed by atoms with Crippen molar-refractivity contribution in [3.63, 3.8) is 0 Å². The number of pyridine rings is 1. The van der Waals surface area contributed by atoms with Crippen molar-refractivity contribution < 1.29 is 19.0 Å². The van der Waals surface area contributed by atoms with Crippen LogP contribution in [0.25, 0.3) is 11.7 Å². The summed E-state index contributed by atoms with van der Waals surface area (Å²) in [7, 11) is 3.18. The van der Waals surface area contributed by atoms with Crippen LogP contribution in [0, 0.1) is 6.92 Å². The molecule has 0 bridgehead atoms. The van der Waals surface area contributed by atoms with E-state index in [1.165, 1.54) is 16.2 Å². The molecule has 2 saturated heterocycles. The van der Waals surface area contributed by atoms with Crippen molar-refractivity contribution in [3.05, 3.63) is 68.5 Å². The van der Waals surface area contributed by atoms with Crippen LogP contribution in [-0.4, -0.2) is 64.5 Å². The number of carbonyl (C=O) groups excluding carboxylic acids is 1. The molecule has 2 aromatic heterocycles. The van der Waals surface area contributed by atoms with Gasteiger partial charge in [-0.05, 0) is 61.6 Å². The molecule has 11 heteroatoms. The summed E-state index contributed by atoms with van der Waals surface area (Å²) >= 11 is 6.74. The van der Waals surface area contributed by atoms with E-state index in [4.69, 9.17) is 31.4 Å². The number of rotatable bonds is 9. The monoisotopic (exact) mass is 566 g/mol. The number of carbonyl (C=O) groups is 1. The van der Waals surface area contributed by atoms with Gasteiger partial charge in [0, 0.05) is 25.9 Å². The molecule has 1 N–H and O–H groups in total. The second kappa shape index (κ2) is 11.8. The van der Waals surface area contributed by atoms with Crippen LogP contribution in [0.15, 0.2) is 46.2 Å². The average Bonchev–Trinajstić information content (AvgIpc) is 3.56. The Balaban J connectivity index is 1.42. The van der Waals surface area contributed by atoms with Crippen LogP contribution in [0.1, 0.15) is 29.5 Å². The quantitative estimate of drug-likeness (QED) is 0.304. The summed E-state index contributed by atoms with van der Waals surface area (Å²) in [5, 5.41) is 3.31. The van der Waals surface area contributed by atoms with E-state index in [1.54, 1.807) is 31.4 Å². The number of nitrogens with zero attached hydrogens (tertiary/aromatic N) is 3. The molecule has 0 saturated carbocycles. The highest BCUT2D eigenvalue weighted by atomic mass is 32.2. The third kappa shape index (κ3) is 5.66. The Bertz CT molecular complexity index is 1510. The first-order valence-corrected chi connectivity index (χ1v) is 14.0. The lowest BCUT2D eigenvalue weighted by Gasteiger charge is -2.16. The van der Waals surface area contributed by atoms with Gasteiger partial charge in [-0.2, -0.15) is 0 Å². The fourth-order valence-electron chi connectivity index (χ4n) is 4.69. The molecule has 2 fully saturated rings. The van der Waals surface area contributed by atoms with E-state index < -0.39 is 0 Å². The van der Waals surface area contributed by atoms with Gasteiger partial charge in [-0.15, -0.1) is 0 Å². The topological polar surface area (TPSA) is 94.4 Å². The smallest absolute Gasteiger partial charge is 0.267 e. The molecule has 204 valence electrons. The molecular formula is C28H30N4O5S2. The lowest BCUT2D eigenvalue weighted by atomic mass is 10.1. The number of aryl methyl sites for hydroxylation is 1. The van der Waals surface area contributed by atoms with Crippen LogP contribution in [0.2, 0.25) is 0 Å². The molecule has 0 radical (unpaired) electrons. The van der Waals surface area contributed by atoms with Crippen LogP contribution in [0.4, 0.5) is 5.82 Å². The molecule has 2 aliphatic rings. The zero-order chi connectivity index (χ0) is 27.5. The highest BCUT2D eigenvalue weighted by Crippen LogP contribution is 2.34. The predicted molar refractivity (Wildman–Crippen MR) is 157 cm³/mol. The van der Waals surface area contributed by atoms with E-state index in [0.29, 0.717) is 57.3 Å². The zero-order valence-corrected chi connectivity index (χ0v) is 23.7. The summed E-state index contributed by atoms with van der Waals surface area (Å²) in [5.41, 5.74) is 2.49. The number of methoxy groups -OCH3 is 2. The van der Waals surface area contributed by atoms with E-state index in [2.05, 4.69) is 5.32 Å². The Hall–Kier alpha value is -3.41. The molecule has 5 rings (SSSR count). The van der Waals surface area contributed by atoms with Crippen LogP contribution in [0.5, 0.6) is 11.5 Å². The molecule has 3 aromatic rings. The minimum atomic E-state index is -0.255. The van der Waals surface area contributed by atoms with Gasteiger partial charge in [-0.1, -0.05) is 36.1 Å². The fourth-order valence-corrected chi connectivity index (χ4v) is 5.98. The number of hydrogen-bond donors (Lipinski definition) is 1. The number of anilines is 1. The van der Waals surface area contributed by atoms with Crippen molar-refractivity contribution in [1.29, 1.82) is 0 Å². The average molecular weight is 567 g/mol. The maximum Gasteiger partial charge on any atom is 0.267 e. The molecule has 4 heterocycles. The lowest BCUT2D eigenvalue weighted by Crippen LogP contribution is -2.30. The van der Waals surface area contributed by atoms with Gasteiger partial charge < -0.3 is 19.5 Å². The lowest BCUT2D eigenvalue weighted by molar-refractivity contribution is -0.122. The van der Waals surface area contributed by atoms with Crippen molar-refractivity contribution in [1.82, 2.24) is 14.3 Å². The summed E-state index contributed by atoms with van der Waals surface area (Å²) in [5.74, 6) is 1.47. The second-order valence-corrected chi connectivity index (χ2v) is 11.0. The zero-order valence-electron chi connectivity index (χ0n) is 22.1. The summed E-state index contributed by atoms with van der Waals surface area (Å²) in [6.45, 7) is 3.57. The summed E-state index contributed by atoms with van der Waals surface area (Å²) < 4.78 is 18.4. The first kappa shape index (κ1) is 27.2. The van der Waals surface area contributed by atoms with Crippen molar-refractivity contribution in [3.8, 4) is 11.5 Å². The standard InChI is InChI=1S/C28H30N4O5S2/c1-17-6-4-11-31-25(17)30-24(29-16-19-7-5-13-37-19)20(26(31)33)15-23-27(34)32(28(38)39-23)12-10-18-8-9-21(35-2)22(14-18)36-3/h4,6,8-9,11,14-15,19,29H,5,7,10,12-13,16H2,1-3H3. The number of hydrogen-bond acceptors (Lipinski definition) is 9. The molecular weight excluding hydrogens is 536 g/mol. The van der Waals surface area contributed by atoms with Gasteiger partial charge in [0.05, 0.1) is 30.8 Å². The third-order valence-corrected chi connectivity index (χ3v) is 8.20. The third-order valence-electron chi connectivity index (χ3n) is 6.83. The molecule has 0 spiro atoms. The van der Waals surface area contributed by atoms with Crippen molar-refractivity contribution in [2.75, 3.05) is 39.2 Å². The Labute approximate surface area is 236 Å². The Morgan fingerprint density at radius 2 is 2.05 bits per heavy atom. The highest BCUT2D eigenvalue weighted by molar-refractivity contribution is 8.26. The number of thioether (sulfide) groups is 1. The first-order valence-electron chi connectivity index (χ1n) is 12.7. The van der Waals surface area contributed by atoms with E-state index in [1.807, 2.05) is 37.3 Å². The van der Waals surface area contributed by atoms with Gasteiger partial charge in [0.2, 0.25) is 0 Å². The van der Waals surface area contributed by atoms with Gasteiger partial charge in [0.25, 0.3) is 11.5 Å². The fraction of sp³-hybridized carbons (Fsp3) is 0.357. The summed E-state index contributed by atoms with van der Waals surface area (Å²) in [6, 6.07) is 9.38. The number of amides is 1. The number of nitrogens with one attached hydrogen (secondary N) is 1. The molecule has 39 heavy (non-hydrogen) atoms. The molecule has 1 amide bonds. The number of fused-ring (bicyclic) bond motifs is 1. The molecule has 0 aliphatic carbocycles. The van der Waals surface area contributed by atoms with Crippen molar-refractivity contribution in [2.45, 2.75) is 32.3 Å². The van der Waals surface area contributed by atoms with Gasteiger partial charge in [0.15, 0.2) is 11.5 Å². The van der Waals surface area contributed by atoms with Crippen LogP contribution < -0.4 is 20.3 Å². The Kier molecular flexibility index (Phi) is 8.20. The normalized spacial score (nSPS) is 18.4. The number of thiocarbonyl (C=S) groups is 1. The predicted octanol–water partition coefficient (Wildman–Crippen LogP) is 4.05. The van der Waals surface area contributed by atoms with E-state index >= 15 is 0 Å². The second-order valence-electron chi connectivity index (χ2n) is 9.35. The van der Waals surface area contributed by atoms with Crippen LogP contribution in [0.3, 0.4) is 0 Å². The largest absolute Gasteiger partial charge is 0.493 e. The minimum absolute atomic E-state index is 0.0600. The number of aromatic nitrogens is 2. The molecule has 2 aliphatic heterocycles. The van der Waals surface area contributed by atoms with Crippen molar-refractivity contribution in [2.24, 2.45) is 0 Å². The SMILES string of the molecule is COc1ccc(CCN2C(=O)C(=Cc3c(NCC4CCCO4)nc4c(C)cccn4c3=O)SC2=S)cc1OC. The van der Waals surface area contributed by atoms with Crippen LogP contribution >= 0.6 is 24.0 Å². The number of ether oxygens (including phenoxy) is 3. The highest BCUT2D eigenvalue weighted by Gasteiger charge is 2.32. The maximum atomic E-state index is 13.6. The Morgan fingerprint density at radius 3 is 2.79 bits per heavy atom. The summed E-state index contributed by atoms with van der Waals surface area (Å²) in [4.78, 5) is 33.7. The number of benzene rings is 1. The van der Waals surface area contributed by atoms with E-state index in [-0.39, 0.29) is 17.6 Å². The van der Waals surface area contributed by atoms with E-state index in [0.717, 1.165) is 30.6 Å². The molecule has 1 unspecified atom stereocenters. The molecule has 9 nitrogen and oxygen atoms in total. The Morgan fingerprint density at radius 1 is 1.23 bits per heavy atom. The van der Waals surface area contributed by atoms with Gasteiger partial charge in [-0.25, -0.2) is 4.98 Å². The van der Waals surface area contributed by atoms with Gasteiger partial charge >= 0.3 is 0 Å². The summed E-state index contributed by atoms with van der Waals surface area (Å²) in [6.07, 6.45) is 5.90. The molecule has 1 atom stereocenters. The molecule has 1 aromatic carbocycles.